The van der Waals surface area contributed by atoms with Gasteiger partial charge < -0.3 is 38.3 Å². The third-order valence-electron chi connectivity index (χ3n) is 10.8. The lowest BCUT2D eigenvalue weighted by Gasteiger charge is -2.41. The van der Waals surface area contributed by atoms with Gasteiger partial charge in [-0.2, -0.15) is 15.0 Å². The molecule has 4 fully saturated rings. The SMILES string of the molecule is COCCOCOc1cc(Oc2nc3nc(OCC45CCCN4CCC5)nc(N4CC5CCC(C4)N5C(=O)OC(C)(C)C)c3[nH]2)c2c(Cl)cccc2c1. The first-order valence-electron chi connectivity index (χ1n) is 18.6. The van der Waals surface area contributed by atoms with E-state index in [0.29, 0.717) is 71.8 Å². The summed E-state index contributed by atoms with van der Waals surface area (Å²) in [4.78, 5) is 38.0. The minimum absolute atomic E-state index is 0.0178. The third-order valence-corrected chi connectivity index (χ3v) is 11.1. The first kappa shape index (κ1) is 35.9. The summed E-state index contributed by atoms with van der Waals surface area (Å²) >= 11 is 6.72. The van der Waals surface area contributed by atoms with E-state index < -0.39 is 5.60 Å². The number of hydrogen-bond acceptors (Lipinski definition) is 12. The van der Waals surface area contributed by atoms with Crippen LogP contribution in [0.25, 0.3) is 21.9 Å². The molecule has 4 aliphatic rings. The van der Waals surface area contributed by atoms with E-state index in [0.717, 1.165) is 44.2 Å². The van der Waals surface area contributed by atoms with Crippen LogP contribution in [0.5, 0.6) is 23.5 Å². The van der Waals surface area contributed by atoms with Crippen molar-refractivity contribution in [1.29, 1.82) is 0 Å². The first-order chi connectivity index (χ1) is 25.6. The van der Waals surface area contributed by atoms with E-state index in [2.05, 4.69) is 14.8 Å². The molecule has 53 heavy (non-hydrogen) atoms. The number of aromatic amines is 1. The van der Waals surface area contributed by atoms with E-state index in [1.807, 2.05) is 49.9 Å². The molecule has 8 rings (SSSR count). The second kappa shape index (κ2) is 14.6. The fourth-order valence-electron chi connectivity index (χ4n) is 8.43. The number of anilines is 1. The maximum atomic E-state index is 13.3. The van der Waals surface area contributed by atoms with Gasteiger partial charge in [0.05, 0.1) is 35.9 Å². The second-order valence-corrected chi connectivity index (χ2v) is 15.9. The van der Waals surface area contributed by atoms with Crippen molar-refractivity contribution in [3.8, 4) is 23.5 Å². The van der Waals surface area contributed by atoms with Gasteiger partial charge in [0.1, 0.15) is 29.2 Å². The normalized spacial score (nSPS) is 21.1. The van der Waals surface area contributed by atoms with Crippen LogP contribution in [0.2, 0.25) is 5.02 Å². The highest BCUT2D eigenvalue weighted by atomic mass is 35.5. The molecule has 15 heteroatoms. The van der Waals surface area contributed by atoms with Crippen LogP contribution >= 0.6 is 11.6 Å². The lowest BCUT2D eigenvalue weighted by Crippen LogP contribution is -2.57. The molecule has 6 heterocycles. The Balaban J connectivity index is 1.11. The van der Waals surface area contributed by atoms with Gasteiger partial charge >= 0.3 is 18.1 Å². The number of hydrogen-bond donors (Lipinski definition) is 1. The van der Waals surface area contributed by atoms with E-state index in [1.54, 1.807) is 13.2 Å². The van der Waals surface area contributed by atoms with Crippen molar-refractivity contribution in [2.24, 2.45) is 0 Å². The van der Waals surface area contributed by atoms with E-state index in [1.165, 1.54) is 12.8 Å². The summed E-state index contributed by atoms with van der Waals surface area (Å²) in [7, 11) is 1.62. The zero-order chi connectivity index (χ0) is 36.7. The molecule has 4 aliphatic heterocycles. The highest BCUT2D eigenvalue weighted by Gasteiger charge is 2.46. The summed E-state index contributed by atoms with van der Waals surface area (Å²) in [6, 6.07) is 9.75. The van der Waals surface area contributed by atoms with Crippen molar-refractivity contribution in [2.75, 3.05) is 64.8 Å². The molecule has 2 unspecified atom stereocenters. The van der Waals surface area contributed by atoms with Gasteiger partial charge in [-0.3, -0.25) is 9.80 Å². The summed E-state index contributed by atoms with van der Waals surface area (Å²) in [5, 5.41) is 2.07. The fourth-order valence-corrected chi connectivity index (χ4v) is 8.70. The molecular weight excluding hydrogens is 702 g/mol. The molecule has 2 aromatic carbocycles. The molecule has 2 bridgehead atoms. The minimum atomic E-state index is -0.572. The zero-order valence-electron chi connectivity index (χ0n) is 30.9. The van der Waals surface area contributed by atoms with Crippen LogP contribution in [0.4, 0.5) is 10.6 Å². The lowest BCUT2D eigenvalue weighted by atomic mass is 9.95. The number of H-pyrrole nitrogens is 1. The van der Waals surface area contributed by atoms with Gasteiger partial charge in [-0.1, -0.05) is 23.7 Å². The third kappa shape index (κ3) is 7.38. The van der Waals surface area contributed by atoms with Gasteiger partial charge in [-0.15, -0.1) is 0 Å². The van der Waals surface area contributed by atoms with Crippen molar-refractivity contribution in [2.45, 2.75) is 82.5 Å². The van der Waals surface area contributed by atoms with Crippen LogP contribution in [0.1, 0.15) is 59.3 Å². The van der Waals surface area contributed by atoms with Gasteiger partial charge in [0.2, 0.25) is 0 Å². The Morgan fingerprint density at radius 1 is 1.02 bits per heavy atom. The average molecular weight is 750 g/mol. The fraction of sp³-hybridized carbons (Fsp3) is 0.579. The molecular formula is C38H48ClN7O7. The summed E-state index contributed by atoms with van der Waals surface area (Å²) in [6.07, 6.45) is 6.06. The molecule has 4 saturated heterocycles. The van der Waals surface area contributed by atoms with Crippen LogP contribution in [-0.2, 0) is 14.2 Å². The number of piperazine rings is 1. The number of nitrogens with one attached hydrogen (secondary N) is 1. The highest BCUT2D eigenvalue weighted by molar-refractivity contribution is 6.36. The lowest BCUT2D eigenvalue weighted by molar-refractivity contribution is -0.00846. The van der Waals surface area contributed by atoms with Crippen molar-refractivity contribution < 1.29 is 33.2 Å². The smallest absolute Gasteiger partial charge is 0.410 e. The van der Waals surface area contributed by atoms with E-state index in [4.69, 9.17) is 55.0 Å². The number of methoxy groups -OCH3 is 1. The number of imidazole rings is 1. The zero-order valence-corrected chi connectivity index (χ0v) is 31.6. The predicted molar refractivity (Wildman–Crippen MR) is 199 cm³/mol. The van der Waals surface area contributed by atoms with Gasteiger partial charge in [-0.25, -0.2) is 4.79 Å². The van der Waals surface area contributed by atoms with Gasteiger partial charge in [0.25, 0.3) is 0 Å². The Bertz CT molecular complexity index is 1940. The quantitative estimate of drug-likeness (QED) is 0.124. The number of fused-ring (bicyclic) bond motifs is 5. The molecule has 2 aromatic heterocycles. The second-order valence-electron chi connectivity index (χ2n) is 15.5. The van der Waals surface area contributed by atoms with Gasteiger partial charge in [0.15, 0.2) is 18.3 Å². The topological polar surface area (TPSA) is 137 Å². The molecule has 0 aliphatic carbocycles. The molecule has 0 saturated carbocycles. The summed E-state index contributed by atoms with van der Waals surface area (Å²) in [6.45, 7) is 10.5. The number of rotatable bonds is 12. The van der Waals surface area contributed by atoms with Crippen molar-refractivity contribution >= 4 is 45.4 Å². The Labute approximate surface area is 314 Å². The standard InChI is InChI=1S/C38H48ClN7O7/c1-37(2,3)53-36(47)46-25-10-11-26(46)21-44(20-25)33-31-32(41-34(43-33)50-22-38-12-6-14-45(38)15-7-13-38)42-35(40-31)52-29-19-27(51-23-49-17-16-48-4)18-24-8-5-9-28(39)30(24)29/h5,8-9,18-19,25-26H,6-7,10-17,20-23H2,1-4H3,(H,40,41,42,43). The highest BCUT2D eigenvalue weighted by Crippen LogP contribution is 2.42. The number of amides is 1. The van der Waals surface area contributed by atoms with Crippen molar-refractivity contribution in [1.82, 2.24) is 29.7 Å². The van der Waals surface area contributed by atoms with Crippen molar-refractivity contribution in [3.05, 3.63) is 35.4 Å². The summed E-state index contributed by atoms with van der Waals surface area (Å²) < 4.78 is 35.3. The molecule has 4 aromatic rings. The van der Waals surface area contributed by atoms with Gasteiger partial charge in [-0.05, 0) is 89.9 Å². The van der Waals surface area contributed by atoms with Crippen LogP contribution in [-0.4, -0.2) is 119 Å². The number of carbonyl (C=O) groups excluding carboxylic acids is 1. The Morgan fingerprint density at radius 2 is 1.79 bits per heavy atom. The molecule has 1 N–H and O–H groups in total. The number of ether oxygens (including phenoxy) is 6. The number of benzene rings is 2. The largest absolute Gasteiger partial charge is 0.467 e. The van der Waals surface area contributed by atoms with Crippen LogP contribution in [0, 0.1) is 0 Å². The Morgan fingerprint density at radius 3 is 2.53 bits per heavy atom. The monoisotopic (exact) mass is 749 g/mol. The average Bonchev–Trinajstić information content (AvgIpc) is 3.87. The van der Waals surface area contributed by atoms with Crippen molar-refractivity contribution in [3.63, 3.8) is 0 Å². The first-order valence-corrected chi connectivity index (χ1v) is 19.0. The summed E-state index contributed by atoms with van der Waals surface area (Å²) in [5.41, 5.74) is 0.494. The number of aromatic nitrogens is 4. The van der Waals surface area contributed by atoms with E-state index in [-0.39, 0.29) is 42.5 Å². The Hall–Kier alpha value is -4.11. The maximum absolute atomic E-state index is 13.3. The van der Waals surface area contributed by atoms with Crippen LogP contribution in [0.15, 0.2) is 30.3 Å². The molecule has 1 amide bonds. The van der Waals surface area contributed by atoms with Crippen LogP contribution in [0.3, 0.4) is 0 Å². The number of nitrogens with zero attached hydrogens (tertiary/aromatic N) is 6. The molecule has 284 valence electrons. The molecule has 2 atom stereocenters. The van der Waals surface area contributed by atoms with E-state index >= 15 is 0 Å². The predicted octanol–water partition coefficient (Wildman–Crippen LogP) is 6.55. The minimum Gasteiger partial charge on any atom is -0.467 e. The maximum Gasteiger partial charge on any atom is 0.410 e. The molecule has 0 radical (unpaired) electrons. The van der Waals surface area contributed by atoms with Crippen LogP contribution < -0.4 is 19.1 Å². The number of halogens is 1. The molecule has 14 nitrogen and oxygen atoms in total. The summed E-state index contributed by atoms with van der Waals surface area (Å²) in [5.74, 6) is 1.66. The Kier molecular flexibility index (Phi) is 9.90. The number of carbonyl (C=O) groups is 1. The van der Waals surface area contributed by atoms with E-state index in [9.17, 15) is 4.79 Å². The van der Waals surface area contributed by atoms with Gasteiger partial charge in [0, 0.05) is 31.7 Å². The molecule has 0 spiro atoms.